The predicted octanol–water partition coefficient (Wildman–Crippen LogP) is 4.82. The lowest BCUT2D eigenvalue weighted by molar-refractivity contribution is -0.331. The first-order chi connectivity index (χ1) is 31.9. The Balaban J connectivity index is 0.702. The van der Waals surface area contributed by atoms with Crippen molar-refractivity contribution in [3.63, 3.8) is 0 Å². The number of fused-ring (bicyclic) bond motifs is 6. The summed E-state index contributed by atoms with van der Waals surface area (Å²) in [6.07, 6.45) is 4.31. The van der Waals surface area contributed by atoms with Gasteiger partial charge in [0, 0.05) is 83.7 Å². The summed E-state index contributed by atoms with van der Waals surface area (Å²) < 4.78 is 12.1. The molecule has 16 heteroatoms. The molecule has 8 N–H and O–H groups in total. The van der Waals surface area contributed by atoms with Gasteiger partial charge in [0.2, 0.25) is 0 Å². The normalized spacial score (nSPS) is 26.2. The Kier molecular flexibility index (Phi) is 10.1. The number of amides is 6. The van der Waals surface area contributed by atoms with Gasteiger partial charge in [-0.1, -0.05) is 24.3 Å². The smallest absolute Gasteiger partial charge is 0.324 e. The molecule has 3 saturated heterocycles. The Morgan fingerprint density at radius 3 is 1.27 bits per heavy atom. The van der Waals surface area contributed by atoms with Crippen LogP contribution < -0.4 is 31.6 Å². The summed E-state index contributed by atoms with van der Waals surface area (Å²) in [5, 5.41) is 29.9. The fraction of sp³-hybridized carbons (Fsp3) is 0.440. The van der Waals surface area contributed by atoms with Crippen LogP contribution in [0.1, 0.15) is 94.3 Å². The van der Waals surface area contributed by atoms with E-state index in [-0.39, 0.29) is 35.5 Å². The Labute approximate surface area is 382 Å². The minimum Gasteiger partial charge on any atom is -0.492 e. The van der Waals surface area contributed by atoms with E-state index in [1.165, 1.54) is 20.9 Å². The van der Waals surface area contributed by atoms with Crippen LogP contribution in [0.5, 0.6) is 11.5 Å². The molecule has 4 aromatic rings. The molecule has 344 valence electrons. The molecular formula is C50H56N8O8. The Morgan fingerprint density at radius 1 is 0.561 bits per heavy atom. The predicted molar refractivity (Wildman–Crippen MR) is 244 cm³/mol. The second-order valence-electron chi connectivity index (χ2n) is 19.4. The van der Waals surface area contributed by atoms with Crippen LogP contribution in [0.3, 0.4) is 0 Å². The van der Waals surface area contributed by atoms with Crippen LogP contribution in [-0.4, -0.2) is 117 Å². The molecule has 16 nitrogen and oxygen atoms in total. The number of rotatable bonds is 6. The number of piperidine rings is 2. The van der Waals surface area contributed by atoms with Crippen LogP contribution >= 0.6 is 0 Å². The number of anilines is 2. The van der Waals surface area contributed by atoms with Gasteiger partial charge in [-0.15, -0.1) is 0 Å². The van der Waals surface area contributed by atoms with Crippen molar-refractivity contribution in [1.29, 1.82) is 0 Å². The van der Waals surface area contributed by atoms with E-state index in [2.05, 4.69) is 22.8 Å². The highest BCUT2D eigenvalue weighted by Crippen LogP contribution is 2.55. The van der Waals surface area contributed by atoms with E-state index >= 15 is 0 Å². The van der Waals surface area contributed by atoms with Crippen molar-refractivity contribution in [3.8, 4) is 11.5 Å². The molecule has 4 aromatic carbocycles. The Bertz CT molecular complexity index is 2430. The molecule has 5 heterocycles. The first-order valence-corrected chi connectivity index (χ1v) is 23.2. The second kappa shape index (κ2) is 15.7. The molecule has 2 spiro atoms. The number of hydrogen-bond acceptors (Lipinski definition) is 10. The Hall–Kier alpha value is -6.20. The quantitative estimate of drug-likeness (QED) is 0.155. The number of carbonyl (C=O) groups excluding carboxylic acids is 4. The van der Waals surface area contributed by atoms with Crippen LogP contribution in [0.15, 0.2) is 84.9 Å². The van der Waals surface area contributed by atoms with Crippen molar-refractivity contribution >= 4 is 35.3 Å². The third kappa shape index (κ3) is 6.62. The monoisotopic (exact) mass is 896 g/mol. The van der Waals surface area contributed by atoms with Gasteiger partial charge in [0.1, 0.15) is 11.5 Å². The molecule has 6 amide bonds. The molecule has 5 fully saturated rings. The van der Waals surface area contributed by atoms with Crippen LogP contribution in [0.2, 0.25) is 0 Å². The average Bonchev–Trinajstić information content (AvgIpc) is 3.87. The molecule has 66 heavy (non-hydrogen) atoms. The molecule has 0 aromatic heterocycles. The summed E-state index contributed by atoms with van der Waals surface area (Å²) in [5.41, 5.74) is 14.5. The van der Waals surface area contributed by atoms with Gasteiger partial charge in [-0.2, -0.15) is 0 Å². The third-order valence-electron chi connectivity index (χ3n) is 16.0. The van der Waals surface area contributed by atoms with E-state index in [1.54, 1.807) is 48.5 Å². The van der Waals surface area contributed by atoms with Gasteiger partial charge in [-0.25, -0.2) is 9.59 Å². The fourth-order valence-corrected chi connectivity index (χ4v) is 11.8. The first-order valence-electron chi connectivity index (χ1n) is 23.2. The highest BCUT2D eigenvalue weighted by atomic mass is 16.5. The maximum atomic E-state index is 14.0. The van der Waals surface area contributed by atoms with Crippen LogP contribution in [0.4, 0.5) is 21.0 Å². The third-order valence-corrected chi connectivity index (χ3v) is 16.0. The number of nitrogens with zero attached hydrogens (tertiary/aromatic N) is 4. The summed E-state index contributed by atoms with van der Waals surface area (Å²) in [6.45, 7) is 4.43. The number of benzene rings is 4. The molecule has 0 radical (unpaired) electrons. The van der Waals surface area contributed by atoms with E-state index in [0.29, 0.717) is 87.8 Å². The van der Waals surface area contributed by atoms with Gasteiger partial charge < -0.3 is 51.6 Å². The average molecular weight is 897 g/mol. The summed E-state index contributed by atoms with van der Waals surface area (Å²) >= 11 is 0. The van der Waals surface area contributed by atoms with E-state index in [4.69, 9.17) is 20.9 Å². The zero-order valence-electron chi connectivity index (χ0n) is 36.8. The van der Waals surface area contributed by atoms with Crippen molar-refractivity contribution in [2.75, 3.05) is 50.0 Å². The number of ether oxygens (including phenoxy) is 2. The van der Waals surface area contributed by atoms with Crippen LogP contribution in [0.25, 0.3) is 0 Å². The summed E-state index contributed by atoms with van der Waals surface area (Å²) in [6, 6.07) is 22.7. The molecule has 7 aliphatic rings. The summed E-state index contributed by atoms with van der Waals surface area (Å²) in [4.78, 5) is 61.6. The largest absolute Gasteiger partial charge is 0.492 e. The molecule has 2 unspecified atom stereocenters. The number of nitrogens with two attached hydrogens (primary N) is 2. The maximum absolute atomic E-state index is 14.0. The highest BCUT2D eigenvalue weighted by Gasteiger charge is 2.72. The van der Waals surface area contributed by atoms with Gasteiger partial charge in [-0.05, 0) is 123 Å². The first kappa shape index (κ1) is 42.4. The number of urea groups is 2. The number of carbonyl (C=O) groups is 4. The van der Waals surface area contributed by atoms with E-state index in [9.17, 15) is 29.4 Å². The minimum atomic E-state index is -1.71. The molecule has 0 bridgehead atoms. The lowest BCUT2D eigenvalue weighted by atomic mass is 9.67. The van der Waals surface area contributed by atoms with E-state index < -0.39 is 35.6 Å². The second-order valence-corrected chi connectivity index (χ2v) is 19.4. The number of piperazine rings is 1. The van der Waals surface area contributed by atoms with Crippen molar-refractivity contribution in [1.82, 2.24) is 19.6 Å². The number of nitrogens with one attached hydrogen (secondary N) is 2. The van der Waals surface area contributed by atoms with Gasteiger partial charge in [-0.3, -0.25) is 19.4 Å². The molecule has 11 rings (SSSR count). The van der Waals surface area contributed by atoms with Gasteiger partial charge in [0.25, 0.3) is 11.8 Å². The summed E-state index contributed by atoms with van der Waals surface area (Å²) in [5.74, 6) is 1.60. The van der Waals surface area contributed by atoms with Crippen molar-refractivity contribution in [2.24, 2.45) is 11.5 Å². The number of likely N-dealkylation sites (tertiary alicyclic amines) is 2. The standard InChI is InChI=1S/C50H56N8O8/c51-27-31-1-11-39-37(25-31)47(29-65-39)17-21-55(22-18-47)43(59)33-3-7-35(8-4-33)53-45(61)57-41-13-16-50(41,64)58(42-14-15-49(42,57)63)46(62)54-36-9-5-34(6-10-36)44(60)56-23-19-48(20-24-56)30-66-40-12-2-32(28-52)26-38(40)48/h1-12,25-26,41-42,63-64H,13-24,27-30,51-52H2,(H,53,61)(H,54,62)/t41?,42?,49-,50-/m0/s1. The molecule has 2 aliphatic carbocycles. The van der Waals surface area contributed by atoms with E-state index in [0.717, 1.165) is 48.3 Å². The zero-order chi connectivity index (χ0) is 45.6. The SMILES string of the molecule is NCc1ccc2c(c1)C1(CCN(C(=O)c3ccc(NC(=O)N4C5CC[C@@]5(O)N(C(=O)Nc5ccc(C(=O)N6CCC7(CC6)COc6ccc(CN)cc67)cc5)C5CC[C@]54O)cc3)CC1)CO2. The van der Waals surface area contributed by atoms with Crippen molar-refractivity contribution in [2.45, 2.75) is 98.8 Å². The fourth-order valence-electron chi connectivity index (χ4n) is 11.8. The number of aliphatic hydroxyl groups is 2. The van der Waals surface area contributed by atoms with Gasteiger partial charge >= 0.3 is 12.1 Å². The number of hydrogen-bond donors (Lipinski definition) is 6. The molecule has 4 atom stereocenters. The summed E-state index contributed by atoms with van der Waals surface area (Å²) in [7, 11) is 0. The van der Waals surface area contributed by atoms with Crippen molar-refractivity contribution < 1.29 is 38.9 Å². The molecule has 5 aliphatic heterocycles. The van der Waals surface area contributed by atoms with Crippen molar-refractivity contribution in [3.05, 3.63) is 118 Å². The Morgan fingerprint density at radius 2 is 0.939 bits per heavy atom. The minimum absolute atomic E-state index is 0.0949. The molecule has 2 saturated carbocycles. The maximum Gasteiger partial charge on any atom is 0.324 e. The zero-order valence-corrected chi connectivity index (χ0v) is 36.8. The lowest BCUT2D eigenvalue weighted by Crippen LogP contribution is -2.88. The van der Waals surface area contributed by atoms with E-state index in [1.807, 2.05) is 34.1 Å². The topological polar surface area (TPSA) is 216 Å². The van der Waals surface area contributed by atoms with Crippen LogP contribution in [-0.2, 0) is 23.9 Å². The lowest BCUT2D eigenvalue weighted by Gasteiger charge is -2.70. The van der Waals surface area contributed by atoms with Gasteiger partial charge in [0.05, 0.1) is 25.3 Å². The highest BCUT2D eigenvalue weighted by molar-refractivity contribution is 5.97. The van der Waals surface area contributed by atoms with Gasteiger partial charge in [0.15, 0.2) is 11.4 Å². The van der Waals surface area contributed by atoms with Crippen LogP contribution in [0, 0.1) is 0 Å². The molecular weight excluding hydrogens is 841 g/mol.